The predicted octanol–water partition coefficient (Wildman–Crippen LogP) is 0.0558. The minimum Gasteiger partial charge on any atom is -0.464 e. The summed E-state index contributed by atoms with van der Waals surface area (Å²) in [5.41, 5.74) is 5.39. The number of hydrogen-bond donors (Lipinski definition) is 1. The van der Waals surface area contributed by atoms with Crippen molar-refractivity contribution in [2.75, 3.05) is 13.2 Å². The molecule has 0 aromatic heterocycles. The Hall–Kier alpha value is -0.610. The van der Waals surface area contributed by atoms with Gasteiger partial charge in [0, 0.05) is 6.54 Å². The van der Waals surface area contributed by atoms with E-state index in [1.165, 1.54) is 0 Å². The van der Waals surface area contributed by atoms with Crippen molar-refractivity contribution in [2.24, 2.45) is 5.73 Å². The molecule has 12 heavy (non-hydrogen) atoms. The number of rotatable bonds is 3. The van der Waals surface area contributed by atoms with E-state index in [1.807, 2.05) is 0 Å². The maximum absolute atomic E-state index is 11.1. The van der Waals surface area contributed by atoms with Gasteiger partial charge in [-0.3, -0.25) is 0 Å². The molecule has 2 N–H and O–H groups in total. The molecule has 0 saturated carbocycles. The van der Waals surface area contributed by atoms with E-state index in [-0.39, 0.29) is 18.2 Å². The van der Waals surface area contributed by atoms with E-state index in [9.17, 15) is 4.79 Å². The van der Waals surface area contributed by atoms with Crippen LogP contribution in [-0.4, -0.2) is 31.3 Å². The second kappa shape index (κ2) is 4.42. The summed E-state index contributed by atoms with van der Waals surface area (Å²) in [5.74, 6) is -0.256. The second-order valence-electron chi connectivity index (χ2n) is 2.81. The molecule has 1 aliphatic rings. The quantitative estimate of drug-likeness (QED) is 0.613. The van der Waals surface area contributed by atoms with Crippen molar-refractivity contribution in [3.05, 3.63) is 0 Å². The molecule has 0 aromatic carbocycles. The fraction of sp³-hybridized carbons (Fsp3) is 0.875. The zero-order chi connectivity index (χ0) is 8.97. The predicted molar refractivity (Wildman–Crippen MR) is 43.6 cm³/mol. The molecular formula is C8H15NO3. The Bertz CT molecular complexity index is 160. The van der Waals surface area contributed by atoms with Crippen molar-refractivity contribution in [2.45, 2.75) is 32.0 Å². The van der Waals surface area contributed by atoms with E-state index in [0.29, 0.717) is 13.2 Å². The van der Waals surface area contributed by atoms with Gasteiger partial charge in [0.15, 0.2) is 6.10 Å². The minimum absolute atomic E-state index is 0.0411. The van der Waals surface area contributed by atoms with Crippen molar-refractivity contribution >= 4 is 5.97 Å². The summed E-state index contributed by atoms with van der Waals surface area (Å²) >= 11 is 0. The average molecular weight is 173 g/mol. The lowest BCUT2D eigenvalue weighted by Gasteiger charge is -2.10. The minimum atomic E-state index is -0.376. The Kier molecular flexibility index (Phi) is 3.49. The Labute approximate surface area is 72.0 Å². The topological polar surface area (TPSA) is 61.5 Å². The number of hydrogen-bond acceptors (Lipinski definition) is 4. The van der Waals surface area contributed by atoms with Gasteiger partial charge in [0.1, 0.15) is 0 Å². The molecule has 4 heteroatoms. The first-order valence-corrected chi connectivity index (χ1v) is 4.30. The van der Waals surface area contributed by atoms with Crippen LogP contribution in [0.3, 0.4) is 0 Å². The number of carbonyl (C=O) groups excluding carboxylic acids is 1. The van der Waals surface area contributed by atoms with Gasteiger partial charge in [-0.05, 0) is 19.8 Å². The van der Waals surface area contributed by atoms with Gasteiger partial charge >= 0.3 is 5.97 Å². The third-order valence-electron chi connectivity index (χ3n) is 1.92. The normalized spacial score (nSPS) is 28.8. The second-order valence-corrected chi connectivity index (χ2v) is 2.81. The van der Waals surface area contributed by atoms with Crippen LogP contribution in [0.5, 0.6) is 0 Å². The monoisotopic (exact) mass is 173 g/mol. The highest BCUT2D eigenvalue weighted by Gasteiger charge is 2.30. The smallest absolute Gasteiger partial charge is 0.335 e. The molecular weight excluding hydrogens is 158 g/mol. The molecule has 1 fully saturated rings. The Morgan fingerprint density at radius 1 is 1.67 bits per heavy atom. The van der Waals surface area contributed by atoms with E-state index in [0.717, 1.165) is 12.8 Å². The fourth-order valence-corrected chi connectivity index (χ4v) is 1.29. The summed E-state index contributed by atoms with van der Waals surface area (Å²) in [5, 5.41) is 0. The molecule has 1 rings (SSSR count). The van der Waals surface area contributed by atoms with Gasteiger partial charge in [-0.15, -0.1) is 0 Å². The highest BCUT2D eigenvalue weighted by Crippen LogP contribution is 2.19. The molecule has 0 amide bonds. The van der Waals surface area contributed by atoms with Gasteiger partial charge in [0.2, 0.25) is 0 Å². The van der Waals surface area contributed by atoms with Crippen molar-refractivity contribution in [3.8, 4) is 0 Å². The van der Waals surface area contributed by atoms with Crippen LogP contribution in [-0.2, 0) is 14.3 Å². The molecule has 1 aliphatic heterocycles. The molecule has 70 valence electrons. The van der Waals surface area contributed by atoms with Crippen LogP contribution >= 0.6 is 0 Å². The van der Waals surface area contributed by atoms with E-state index in [2.05, 4.69) is 0 Å². The Morgan fingerprint density at radius 3 is 2.92 bits per heavy atom. The third kappa shape index (κ3) is 2.19. The number of ether oxygens (including phenoxy) is 2. The molecule has 0 aliphatic carbocycles. The van der Waals surface area contributed by atoms with Crippen molar-refractivity contribution in [1.29, 1.82) is 0 Å². The lowest BCUT2D eigenvalue weighted by Crippen LogP contribution is -2.26. The molecule has 4 nitrogen and oxygen atoms in total. The standard InChI is InChI=1S/C8H15NO3/c1-2-11-8(10)7-4-3-6(5-9)12-7/h6-7H,2-5,9H2,1H3/t6-,7+/m0/s1. The molecule has 0 unspecified atom stereocenters. The first-order valence-electron chi connectivity index (χ1n) is 4.30. The molecule has 1 heterocycles. The maximum Gasteiger partial charge on any atom is 0.335 e. The summed E-state index contributed by atoms with van der Waals surface area (Å²) < 4.78 is 10.1. The van der Waals surface area contributed by atoms with E-state index < -0.39 is 0 Å². The number of nitrogens with two attached hydrogens (primary N) is 1. The van der Waals surface area contributed by atoms with E-state index >= 15 is 0 Å². The SMILES string of the molecule is CCOC(=O)[C@H]1CC[C@@H](CN)O1. The van der Waals surface area contributed by atoms with Gasteiger partial charge in [-0.1, -0.05) is 0 Å². The van der Waals surface area contributed by atoms with Crippen molar-refractivity contribution in [3.63, 3.8) is 0 Å². The van der Waals surface area contributed by atoms with Crippen LogP contribution in [0.1, 0.15) is 19.8 Å². The van der Waals surface area contributed by atoms with Crippen LogP contribution in [0.15, 0.2) is 0 Å². The van der Waals surface area contributed by atoms with Gasteiger partial charge in [0.05, 0.1) is 12.7 Å². The van der Waals surface area contributed by atoms with Gasteiger partial charge < -0.3 is 15.2 Å². The zero-order valence-electron chi connectivity index (χ0n) is 7.29. The van der Waals surface area contributed by atoms with E-state index in [4.69, 9.17) is 15.2 Å². The van der Waals surface area contributed by atoms with Crippen LogP contribution in [0.4, 0.5) is 0 Å². The summed E-state index contributed by atoms with van der Waals surface area (Å²) in [6, 6.07) is 0. The molecule has 1 saturated heterocycles. The molecule has 0 spiro atoms. The number of esters is 1. The Balaban J connectivity index is 2.31. The molecule has 0 aromatic rings. The maximum atomic E-state index is 11.1. The van der Waals surface area contributed by atoms with Crippen LogP contribution < -0.4 is 5.73 Å². The summed E-state index contributed by atoms with van der Waals surface area (Å²) in [6.45, 7) is 2.68. The van der Waals surface area contributed by atoms with Crippen LogP contribution in [0, 0.1) is 0 Å². The first kappa shape index (κ1) is 9.48. The van der Waals surface area contributed by atoms with Gasteiger partial charge in [-0.25, -0.2) is 4.79 Å². The molecule has 2 atom stereocenters. The molecule has 0 bridgehead atoms. The van der Waals surface area contributed by atoms with Gasteiger partial charge in [-0.2, -0.15) is 0 Å². The largest absolute Gasteiger partial charge is 0.464 e. The zero-order valence-corrected chi connectivity index (χ0v) is 7.29. The fourth-order valence-electron chi connectivity index (χ4n) is 1.29. The highest BCUT2D eigenvalue weighted by molar-refractivity contribution is 5.74. The average Bonchev–Trinajstić information content (AvgIpc) is 2.52. The third-order valence-corrected chi connectivity index (χ3v) is 1.92. The Morgan fingerprint density at radius 2 is 2.42 bits per heavy atom. The highest BCUT2D eigenvalue weighted by atomic mass is 16.6. The molecule has 0 radical (unpaired) electrons. The van der Waals surface area contributed by atoms with Crippen LogP contribution in [0.2, 0.25) is 0 Å². The lowest BCUT2D eigenvalue weighted by molar-refractivity contribution is -0.155. The summed E-state index contributed by atoms with van der Waals surface area (Å²) in [7, 11) is 0. The summed E-state index contributed by atoms with van der Waals surface area (Å²) in [6.07, 6.45) is 1.26. The summed E-state index contributed by atoms with van der Waals surface area (Å²) in [4.78, 5) is 11.1. The lowest BCUT2D eigenvalue weighted by atomic mass is 10.2. The number of carbonyl (C=O) groups is 1. The first-order chi connectivity index (χ1) is 5.77. The van der Waals surface area contributed by atoms with Crippen molar-refractivity contribution in [1.82, 2.24) is 0 Å². The van der Waals surface area contributed by atoms with Gasteiger partial charge in [0.25, 0.3) is 0 Å². The van der Waals surface area contributed by atoms with Crippen LogP contribution in [0.25, 0.3) is 0 Å². The van der Waals surface area contributed by atoms with Crippen molar-refractivity contribution < 1.29 is 14.3 Å². The van der Waals surface area contributed by atoms with E-state index in [1.54, 1.807) is 6.92 Å².